The van der Waals surface area contributed by atoms with Crippen LogP contribution in [0.5, 0.6) is 0 Å². The van der Waals surface area contributed by atoms with Gasteiger partial charge in [0.25, 0.3) is 0 Å². The van der Waals surface area contributed by atoms with Crippen molar-refractivity contribution in [2.45, 2.75) is 23.2 Å². The van der Waals surface area contributed by atoms with E-state index in [9.17, 15) is 0 Å². The van der Waals surface area contributed by atoms with Gasteiger partial charge in [0.15, 0.2) is 4.34 Å². The van der Waals surface area contributed by atoms with Crippen molar-refractivity contribution in [1.82, 2.24) is 9.88 Å². The van der Waals surface area contributed by atoms with Crippen LogP contribution in [-0.2, 0) is 0 Å². The Kier molecular flexibility index (Phi) is 3.36. The first-order valence-corrected chi connectivity index (χ1v) is 9.29. The lowest BCUT2D eigenvalue weighted by Crippen LogP contribution is -2.39. The molecule has 2 saturated heterocycles. The van der Waals surface area contributed by atoms with E-state index in [-0.39, 0.29) is 0 Å². The fourth-order valence-corrected chi connectivity index (χ4v) is 4.96. The summed E-state index contributed by atoms with van der Waals surface area (Å²) in [6.45, 7) is 3.85. The monoisotopic (exact) mass is 305 g/mol. The highest BCUT2D eigenvalue weighted by atomic mass is 32.2. The zero-order valence-corrected chi connectivity index (χ0v) is 13.3. The van der Waals surface area contributed by atoms with Crippen molar-refractivity contribution in [3.63, 3.8) is 0 Å². The van der Waals surface area contributed by atoms with Crippen LogP contribution in [0.3, 0.4) is 0 Å². The molecule has 2 bridgehead atoms. The Labute approximate surface area is 127 Å². The first kappa shape index (κ1) is 12.9. The number of fused-ring (bicyclic) bond motifs is 3. The highest BCUT2D eigenvalue weighted by Crippen LogP contribution is 2.32. The second kappa shape index (κ2) is 5.20. The number of thioether (sulfide) groups is 1. The maximum Gasteiger partial charge on any atom is 0.150 e. The van der Waals surface area contributed by atoms with Crippen LogP contribution >= 0.6 is 23.1 Å². The molecular weight excluding hydrogens is 286 g/mol. The highest BCUT2D eigenvalue weighted by molar-refractivity contribution is 8.00. The van der Waals surface area contributed by atoms with Gasteiger partial charge in [0.2, 0.25) is 0 Å². The van der Waals surface area contributed by atoms with Crippen molar-refractivity contribution in [3.05, 3.63) is 18.2 Å². The lowest BCUT2D eigenvalue weighted by Gasteiger charge is -2.31. The van der Waals surface area contributed by atoms with Crippen LogP contribution in [0.15, 0.2) is 22.5 Å². The molecule has 0 radical (unpaired) electrons. The minimum absolute atomic E-state index is 0.652. The molecule has 3 heterocycles. The van der Waals surface area contributed by atoms with Crippen molar-refractivity contribution in [2.75, 3.05) is 31.2 Å². The first-order chi connectivity index (χ1) is 9.81. The van der Waals surface area contributed by atoms with E-state index >= 15 is 0 Å². The van der Waals surface area contributed by atoms with Gasteiger partial charge in [-0.25, -0.2) is 4.98 Å². The Bertz CT molecular complexity index is 625. The van der Waals surface area contributed by atoms with E-state index in [0.717, 1.165) is 15.8 Å². The van der Waals surface area contributed by atoms with Crippen molar-refractivity contribution in [1.29, 1.82) is 0 Å². The summed E-state index contributed by atoms with van der Waals surface area (Å²) in [4.78, 5) is 7.20. The van der Waals surface area contributed by atoms with Crippen LogP contribution in [0, 0.1) is 5.92 Å². The summed E-state index contributed by atoms with van der Waals surface area (Å²) in [5.41, 5.74) is 2.39. The number of rotatable bonds is 3. The summed E-state index contributed by atoms with van der Waals surface area (Å²) >= 11 is 3.52. The minimum Gasteiger partial charge on any atom is -0.382 e. The molecule has 1 aromatic carbocycles. The molecule has 3 nitrogen and oxygen atoms in total. The molecule has 2 aliphatic heterocycles. The summed E-state index contributed by atoms with van der Waals surface area (Å²) in [7, 11) is 0. The van der Waals surface area contributed by atoms with Crippen molar-refractivity contribution in [2.24, 2.45) is 5.92 Å². The predicted octanol–water partition coefficient (Wildman–Crippen LogP) is 3.52. The topological polar surface area (TPSA) is 28.2 Å². The van der Waals surface area contributed by atoms with Gasteiger partial charge >= 0.3 is 0 Å². The van der Waals surface area contributed by atoms with Gasteiger partial charge in [0, 0.05) is 24.8 Å². The zero-order chi connectivity index (χ0) is 13.5. The van der Waals surface area contributed by atoms with Gasteiger partial charge in [0.05, 0.1) is 10.2 Å². The molecule has 0 spiro atoms. The molecule has 5 heteroatoms. The number of nitrogens with zero attached hydrogens (tertiary/aromatic N) is 2. The lowest BCUT2D eigenvalue weighted by atomic mass is 9.94. The molecule has 2 fully saturated rings. The fourth-order valence-electron chi connectivity index (χ4n) is 3.44. The molecule has 2 aliphatic rings. The second-order valence-electron chi connectivity index (χ2n) is 5.76. The van der Waals surface area contributed by atoms with E-state index in [1.165, 1.54) is 42.9 Å². The zero-order valence-electron chi connectivity index (χ0n) is 11.6. The van der Waals surface area contributed by atoms with E-state index in [2.05, 4.69) is 39.7 Å². The number of thiazole rings is 1. The number of benzene rings is 1. The Balaban J connectivity index is 1.55. The van der Waals surface area contributed by atoms with Gasteiger partial charge in [-0.2, -0.15) is 0 Å². The molecule has 0 saturated carbocycles. The molecule has 0 aliphatic carbocycles. The molecule has 20 heavy (non-hydrogen) atoms. The molecule has 1 N–H and O–H groups in total. The maximum atomic E-state index is 4.60. The third-order valence-corrected chi connectivity index (χ3v) is 6.53. The minimum atomic E-state index is 0.652. The molecule has 2 aromatic rings. The van der Waals surface area contributed by atoms with E-state index in [0.29, 0.717) is 6.04 Å². The Morgan fingerprint density at radius 1 is 1.35 bits per heavy atom. The van der Waals surface area contributed by atoms with Gasteiger partial charge in [-0.1, -0.05) is 11.8 Å². The molecule has 4 rings (SSSR count). The van der Waals surface area contributed by atoms with Crippen molar-refractivity contribution < 1.29 is 0 Å². The summed E-state index contributed by atoms with van der Waals surface area (Å²) < 4.78 is 2.45. The molecule has 106 valence electrons. The van der Waals surface area contributed by atoms with E-state index in [1.807, 2.05) is 0 Å². The van der Waals surface area contributed by atoms with Crippen LogP contribution in [-0.4, -0.2) is 41.8 Å². The molecule has 0 amide bonds. The van der Waals surface area contributed by atoms with Gasteiger partial charge < -0.3 is 10.2 Å². The summed E-state index contributed by atoms with van der Waals surface area (Å²) in [5, 5.41) is 3.77. The number of anilines is 1. The Morgan fingerprint density at radius 2 is 2.25 bits per heavy atom. The van der Waals surface area contributed by atoms with Crippen LogP contribution in [0.4, 0.5) is 5.69 Å². The third kappa shape index (κ3) is 2.32. The predicted molar refractivity (Wildman–Crippen MR) is 88.0 cm³/mol. The lowest BCUT2D eigenvalue weighted by molar-refractivity contribution is 0.255. The number of piperidine rings is 1. The number of aromatic nitrogens is 1. The highest BCUT2D eigenvalue weighted by Gasteiger charge is 2.34. The average Bonchev–Trinajstić information content (AvgIpc) is 3.05. The van der Waals surface area contributed by atoms with Crippen molar-refractivity contribution >= 4 is 39.0 Å². The summed E-state index contributed by atoms with van der Waals surface area (Å²) in [6.07, 6.45) is 4.73. The van der Waals surface area contributed by atoms with Crippen LogP contribution < -0.4 is 5.32 Å². The van der Waals surface area contributed by atoms with E-state index in [1.54, 1.807) is 23.1 Å². The quantitative estimate of drug-likeness (QED) is 0.878. The molecule has 1 aromatic heterocycles. The SMILES string of the molecule is CSc1nc2ccc(NC3CCN4CCC3C4)cc2s1. The average molecular weight is 305 g/mol. The van der Waals surface area contributed by atoms with Crippen LogP contribution in [0.1, 0.15) is 12.8 Å². The van der Waals surface area contributed by atoms with Gasteiger partial charge in [-0.3, -0.25) is 0 Å². The third-order valence-electron chi connectivity index (χ3n) is 4.53. The fraction of sp³-hybridized carbons (Fsp3) is 0.533. The molecular formula is C15H19N3S2. The summed E-state index contributed by atoms with van der Waals surface area (Å²) in [6, 6.07) is 7.26. The van der Waals surface area contributed by atoms with Crippen LogP contribution in [0.2, 0.25) is 0 Å². The van der Waals surface area contributed by atoms with Crippen LogP contribution in [0.25, 0.3) is 10.2 Å². The maximum absolute atomic E-state index is 4.60. The van der Waals surface area contributed by atoms with E-state index in [4.69, 9.17) is 0 Å². The Morgan fingerprint density at radius 3 is 3.15 bits per heavy atom. The second-order valence-corrected chi connectivity index (χ2v) is 7.84. The number of nitrogens with one attached hydrogen (secondary N) is 1. The molecule has 3 atom stereocenters. The Hall–Kier alpha value is -0.780. The number of hydrogen-bond acceptors (Lipinski definition) is 5. The van der Waals surface area contributed by atoms with Gasteiger partial charge in [0.1, 0.15) is 0 Å². The largest absolute Gasteiger partial charge is 0.382 e. The first-order valence-electron chi connectivity index (χ1n) is 7.25. The van der Waals surface area contributed by atoms with Crippen molar-refractivity contribution in [3.8, 4) is 0 Å². The normalized spacial score (nSPS) is 28.9. The van der Waals surface area contributed by atoms with Gasteiger partial charge in [-0.05, 0) is 49.8 Å². The summed E-state index contributed by atoms with van der Waals surface area (Å²) in [5.74, 6) is 0.836. The standard InChI is InChI=1S/C15H19N3S2/c1-19-15-17-13-3-2-11(8-14(13)20-15)16-12-5-7-18-6-4-10(12)9-18/h2-3,8,10,12,16H,4-7,9H2,1H3. The smallest absolute Gasteiger partial charge is 0.150 e. The number of hydrogen-bond donors (Lipinski definition) is 1. The van der Waals surface area contributed by atoms with Gasteiger partial charge in [-0.15, -0.1) is 11.3 Å². The molecule has 3 unspecified atom stereocenters. The van der Waals surface area contributed by atoms with E-state index < -0.39 is 0 Å².